The maximum Gasteiger partial charge on any atom is 0.123 e. The SMILES string of the molecule is COc1ccccc1C(Cl)C(C)Cl. The minimum absolute atomic E-state index is 0.113. The normalized spacial score (nSPS) is 15.1. The monoisotopic (exact) mass is 218 g/mol. The zero-order valence-electron chi connectivity index (χ0n) is 7.63. The van der Waals surface area contributed by atoms with E-state index in [0.29, 0.717) is 0 Å². The molecule has 0 saturated heterocycles. The number of hydrogen-bond donors (Lipinski definition) is 0. The Morgan fingerprint density at radius 2 is 1.85 bits per heavy atom. The molecule has 0 saturated carbocycles. The lowest BCUT2D eigenvalue weighted by Crippen LogP contribution is -2.04. The zero-order valence-corrected chi connectivity index (χ0v) is 9.14. The van der Waals surface area contributed by atoms with Crippen molar-refractivity contribution < 1.29 is 4.74 Å². The van der Waals surface area contributed by atoms with Crippen LogP contribution in [0.3, 0.4) is 0 Å². The molecule has 0 amide bonds. The van der Waals surface area contributed by atoms with Crippen LogP contribution in [-0.4, -0.2) is 12.5 Å². The van der Waals surface area contributed by atoms with Gasteiger partial charge >= 0.3 is 0 Å². The molecule has 72 valence electrons. The highest BCUT2D eigenvalue weighted by molar-refractivity contribution is 6.30. The predicted octanol–water partition coefficient (Wildman–Crippen LogP) is 3.60. The Hall–Kier alpha value is -0.400. The van der Waals surface area contributed by atoms with Gasteiger partial charge in [0.05, 0.1) is 17.9 Å². The molecular formula is C10H12Cl2O. The second-order valence-corrected chi connectivity index (χ2v) is 3.98. The number of rotatable bonds is 3. The first-order valence-electron chi connectivity index (χ1n) is 4.08. The quantitative estimate of drug-likeness (QED) is 0.705. The Morgan fingerprint density at radius 3 is 2.38 bits per heavy atom. The van der Waals surface area contributed by atoms with Gasteiger partial charge in [-0.2, -0.15) is 0 Å². The lowest BCUT2D eigenvalue weighted by molar-refractivity contribution is 0.409. The fourth-order valence-corrected chi connectivity index (χ4v) is 1.46. The van der Waals surface area contributed by atoms with Crippen molar-refractivity contribution in [1.29, 1.82) is 0 Å². The van der Waals surface area contributed by atoms with Crippen LogP contribution in [0.4, 0.5) is 0 Å². The van der Waals surface area contributed by atoms with Crippen LogP contribution in [0, 0.1) is 0 Å². The van der Waals surface area contributed by atoms with Crippen molar-refractivity contribution in [2.45, 2.75) is 17.7 Å². The van der Waals surface area contributed by atoms with Crippen molar-refractivity contribution in [2.75, 3.05) is 7.11 Å². The van der Waals surface area contributed by atoms with E-state index >= 15 is 0 Å². The molecule has 0 aromatic heterocycles. The smallest absolute Gasteiger partial charge is 0.123 e. The second-order valence-electron chi connectivity index (χ2n) is 2.82. The van der Waals surface area contributed by atoms with E-state index < -0.39 is 0 Å². The molecule has 0 radical (unpaired) electrons. The number of methoxy groups -OCH3 is 1. The van der Waals surface area contributed by atoms with Crippen molar-refractivity contribution in [3.63, 3.8) is 0 Å². The van der Waals surface area contributed by atoms with E-state index in [-0.39, 0.29) is 10.8 Å². The minimum Gasteiger partial charge on any atom is -0.496 e. The highest BCUT2D eigenvalue weighted by atomic mass is 35.5. The Kier molecular flexibility index (Phi) is 3.89. The first-order chi connectivity index (χ1) is 6.16. The van der Waals surface area contributed by atoms with E-state index in [0.717, 1.165) is 11.3 Å². The number of benzene rings is 1. The standard InChI is InChI=1S/C10H12Cl2O/c1-7(11)10(12)8-5-3-4-6-9(8)13-2/h3-7,10H,1-2H3. The topological polar surface area (TPSA) is 9.23 Å². The van der Waals surface area contributed by atoms with Gasteiger partial charge in [0.25, 0.3) is 0 Å². The van der Waals surface area contributed by atoms with E-state index in [1.165, 1.54) is 0 Å². The highest BCUT2D eigenvalue weighted by Crippen LogP contribution is 2.33. The van der Waals surface area contributed by atoms with E-state index in [1.54, 1.807) is 7.11 Å². The first kappa shape index (κ1) is 10.7. The fraction of sp³-hybridized carbons (Fsp3) is 0.400. The Bertz CT molecular complexity index is 273. The molecule has 1 rings (SSSR count). The first-order valence-corrected chi connectivity index (χ1v) is 4.95. The number of alkyl halides is 2. The molecule has 1 aromatic carbocycles. The van der Waals surface area contributed by atoms with E-state index in [9.17, 15) is 0 Å². The number of halogens is 2. The van der Waals surface area contributed by atoms with Gasteiger partial charge in [-0.05, 0) is 13.0 Å². The van der Waals surface area contributed by atoms with Gasteiger partial charge in [-0.1, -0.05) is 18.2 Å². The summed E-state index contributed by atoms with van der Waals surface area (Å²) in [5, 5.41) is -0.323. The van der Waals surface area contributed by atoms with Crippen molar-refractivity contribution >= 4 is 23.2 Å². The van der Waals surface area contributed by atoms with Gasteiger partial charge in [-0.25, -0.2) is 0 Å². The summed E-state index contributed by atoms with van der Waals surface area (Å²) < 4.78 is 5.17. The van der Waals surface area contributed by atoms with E-state index in [4.69, 9.17) is 27.9 Å². The summed E-state index contributed by atoms with van der Waals surface area (Å²) >= 11 is 12.0. The molecule has 1 aromatic rings. The van der Waals surface area contributed by atoms with Crippen LogP contribution in [0.25, 0.3) is 0 Å². The molecule has 3 heteroatoms. The number of ether oxygens (including phenoxy) is 1. The van der Waals surface area contributed by atoms with Crippen LogP contribution in [0.2, 0.25) is 0 Å². The lowest BCUT2D eigenvalue weighted by atomic mass is 10.1. The number of hydrogen-bond acceptors (Lipinski definition) is 1. The van der Waals surface area contributed by atoms with Gasteiger partial charge in [0.15, 0.2) is 0 Å². The van der Waals surface area contributed by atoms with Gasteiger partial charge < -0.3 is 4.74 Å². The van der Waals surface area contributed by atoms with Gasteiger partial charge in [0, 0.05) is 5.56 Å². The van der Waals surface area contributed by atoms with Crippen LogP contribution in [0.15, 0.2) is 24.3 Å². The summed E-state index contributed by atoms with van der Waals surface area (Å²) in [6.07, 6.45) is 0. The third-order valence-electron chi connectivity index (χ3n) is 1.84. The predicted molar refractivity (Wildman–Crippen MR) is 56.9 cm³/mol. The molecule has 0 bridgehead atoms. The molecule has 0 spiro atoms. The molecule has 1 nitrogen and oxygen atoms in total. The third kappa shape index (κ3) is 2.52. The van der Waals surface area contributed by atoms with Crippen LogP contribution < -0.4 is 4.74 Å². The fourth-order valence-electron chi connectivity index (χ4n) is 1.14. The summed E-state index contributed by atoms with van der Waals surface area (Å²) in [4.78, 5) is 0. The molecule has 2 unspecified atom stereocenters. The van der Waals surface area contributed by atoms with E-state index in [1.807, 2.05) is 31.2 Å². The second kappa shape index (κ2) is 4.73. The molecule has 2 atom stereocenters. The van der Waals surface area contributed by atoms with Crippen molar-refractivity contribution in [3.05, 3.63) is 29.8 Å². The van der Waals surface area contributed by atoms with Crippen molar-refractivity contribution in [1.82, 2.24) is 0 Å². The Balaban J connectivity index is 2.98. The lowest BCUT2D eigenvalue weighted by Gasteiger charge is -2.15. The van der Waals surface area contributed by atoms with Crippen LogP contribution in [0.1, 0.15) is 17.9 Å². The molecule has 0 fully saturated rings. The summed E-state index contributed by atoms with van der Waals surface area (Å²) in [7, 11) is 1.63. The Labute approximate surface area is 88.6 Å². The largest absolute Gasteiger partial charge is 0.496 e. The summed E-state index contributed by atoms with van der Waals surface area (Å²) in [5.74, 6) is 0.787. The van der Waals surface area contributed by atoms with Crippen LogP contribution in [-0.2, 0) is 0 Å². The van der Waals surface area contributed by atoms with Crippen molar-refractivity contribution in [2.24, 2.45) is 0 Å². The van der Waals surface area contributed by atoms with Gasteiger partial charge in [0.2, 0.25) is 0 Å². The molecule has 0 heterocycles. The Morgan fingerprint density at radius 1 is 1.23 bits per heavy atom. The highest BCUT2D eigenvalue weighted by Gasteiger charge is 2.17. The molecular weight excluding hydrogens is 207 g/mol. The molecule has 0 aliphatic heterocycles. The molecule has 0 N–H and O–H groups in total. The number of para-hydroxylation sites is 1. The van der Waals surface area contributed by atoms with Gasteiger partial charge in [0.1, 0.15) is 5.75 Å². The maximum absolute atomic E-state index is 6.11. The van der Waals surface area contributed by atoms with Crippen LogP contribution in [0.5, 0.6) is 5.75 Å². The molecule has 0 aliphatic carbocycles. The average molecular weight is 219 g/mol. The molecule has 0 aliphatic rings. The summed E-state index contributed by atoms with van der Waals surface area (Å²) in [5.41, 5.74) is 0.939. The van der Waals surface area contributed by atoms with E-state index in [2.05, 4.69) is 0 Å². The molecule has 13 heavy (non-hydrogen) atoms. The van der Waals surface area contributed by atoms with Crippen molar-refractivity contribution in [3.8, 4) is 5.75 Å². The van der Waals surface area contributed by atoms with Gasteiger partial charge in [-0.3, -0.25) is 0 Å². The maximum atomic E-state index is 6.11. The third-order valence-corrected chi connectivity index (χ3v) is 2.83. The summed E-state index contributed by atoms with van der Waals surface area (Å²) in [6, 6.07) is 7.64. The summed E-state index contributed by atoms with van der Waals surface area (Å²) in [6.45, 7) is 1.87. The average Bonchev–Trinajstić information content (AvgIpc) is 2.16. The van der Waals surface area contributed by atoms with Crippen LogP contribution >= 0.6 is 23.2 Å². The minimum atomic E-state index is -0.210. The zero-order chi connectivity index (χ0) is 9.84. The van der Waals surface area contributed by atoms with Gasteiger partial charge in [-0.15, -0.1) is 23.2 Å².